The molecule has 1 aliphatic rings. The molecule has 1 fully saturated rings. The molecule has 2 heterocycles. The number of aromatic amines is 1. The molecule has 33 heavy (non-hydrogen) atoms. The lowest BCUT2D eigenvalue weighted by Crippen LogP contribution is -2.36. The summed E-state index contributed by atoms with van der Waals surface area (Å²) < 4.78 is 5.30. The van der Waals surface area contributed by atoms with Gasteiger partial charge in [0.05, 0.1) is 18.1 Å². The molecule has 168 valence electrons. The van der Waals surface area contributed by atoms with Crippen LogP contribution in [0.15, 0.2) is 54.9 Å². The van der Waals surface area contributed by atoms with E-state index in [1.165, 1.54) is 12.8 Å². The van der Waals surface area contributed by atoms with Crippen molar-refractivity contribution in [3.63, 3.8) is 0 Å². The highest BCUT2D eigenvalue weighted by molar-refractivity contribution is 5.98. The van der Waals surface area contributed by atoms with Crippen molar-refractivity contribution in [1.29, 1.82) is 0 Å². The van der Waals surface area contributed by atoms with Gasteiger partial charge < -0.3 is 14.6 Å². The van der Waals surface area contributed by atoms with Crippen molar-refractivity contribution in [1.82, 2.24) is 24.8 Å². The van der Waals surface area contributed by atoms with Gasteiger partial charge in [0.2, 0.25) is 0 Å². The third kappa shape index (κ3) is 4.72. The standard InChI is InChI=1S/C26H27N5O2/c1-17-4-3-5-19(14-17)24-25(28-12-11-27-24)26(32)31(16-18-6-7-18)13-10-23-29-21-9-8-20(33-2)15-22(21)30-23/h3-5,8-9,11-12,14-15,18H,6-7,10,13,16H2,1-2H3,(H,29,30). The van der Waals surface area contributed by atoms with E-state index in [-0.39, 0.29) is 5.91 Å². The van der Waals surface area contributed by atoms with Crippen LogP contribution in [0, 0.1) is 12.8 Å². The first kappa shape index (κ1) is 21.1. The molecule has 7 nitrogen and oxygen atoms in total. The number of nitrogens with one attached hydrogen (secondary N) is 1. The number of nitrogens with zero attached hydrogens (tertiary/aromatic N) is 4. The van der Waals surface area contributed by atoms with Gasteiger partial charge >= 0.3 is 0 Å². The Morgan fingerprint density at radius 1 is 1.15 bits per heavy atom. The Bertz CT molecular complexity index is 1290. The summed E-state index contributed by atoms with van der Waals surface area (Å²) in [6.07, 6.45) is 6.20. The van der Waals surface area contributed by atoms with Crippen molar-refractivity contribution in [3.05, 3.63) is 71.9 Å². The van der Waals surface area contributed by atoms with Crippen LogP contribution in [0.25, 0.3) is 22.3 Å². The smallest absolute Gasteiger partial charge is 0.274 e. The Kier molecular flexibility index (Phi) is 5.77. The van der Waals surface area contributed by atoms with Crippen molar-refractivity contribution in [3.8, 4) is 17.0 Å². The molecule has 1 N–H and O–H groups in total. The largest absolute Gasteiger partial charge is 0.497 e. The van der Waals surface area contributed by atoms with E-state index in [1.807, 2.05) is 54.3 Å². The summed E-state index contributed by atoms with van der Waals surface area (Å²) in [5.74, 6) is 2.12. The minimum absolute atomic E-state index is 0.0794. The Balaban J connectivity index is 1.39. The molecule has 1 aliphatic carbocycles. The van der Waals surface area contributed by atoms with E-state index in [0.717, 1.165) is 40.3 Å². The number of fused-ring (bicyclic) bond motifs is 1. The molecule has 0 saturated heterocycles. The van der Waals surface area contributed by atoms with Crippen LogP contribution in [0.3, 0.4) is 0 Å². The molecule has 0 atom stereocenters. The lowest BCUT2D eigenvalue weighted by atomic mass is 10.1. The number of imidazole rings is 1. The average molecular weight is 442 g/mol. The third-order valence-electron chi connectivity index (χ3n) is 6.01. The lowest BCUT2D eigenvalue weighted by molar-refractivity contribution is 0.0743. The second-order valence-electron chi connectivity index (χ2n) is 8.63. The number of benzene rings is 2. The minimum Gasteiger partial charge on any atom is -0.497 e. The first-order valence-electron chi connectivity index (χ1n) is 11.3. The van der Waals surface area contributed by atoms with Gasteiger partial charge in [0.15, 0.2) is 5.69 Å². The number of ether oxygens (including phenoxy) is 1. The van der Waals surface area contributed by atoms with Crippen molar-refractivity contribution < 1.29 is 9.53 Å². The maximum Gasteiger partial charge on any atom is 0.274 e. The molecule has 1 saturated carbocycles. The molecule has 0 aliphatic heterocycles. The van der Waals surface area contributed by atoms with E-state index in [1.54, 1.807) is 19.5 Å². The number of rotatable bonds is 8. The number of methoxy groups -OCH3 is 1. The first-order chi connectivity index (χ1) is 16.1. The molecule has 1 amide bonds. The molecule has 0 radical (unpaired) electrons. The van der Waals surface area contributed by atoms with Crippen LogP contribution >= 0.6 is 0 Å². The number of carbonyl (C=O) groups is 1. The number of H-pyrrole nitrogens is 1. The summed E-state index contributed by atoms with van der Waals surface area (Å²) in [7, 11) is 1.65. The van der Waals surface area contributed by atoms with Gasteiger partial charge in [-0.3, -0.25) is 9.78 Å². The fourth-order valence-corrected chi connectivity index (χ4v) is 4.06. The van der Waals surface area contributed by atoms with Crippen LogP contribution in [0.2, 0.25) is 0 Å². The number of hydrogen-bond donors (Lipinski definition) is 1. The molecule has 0 spiro atoms. The van der Waals surface area contributed by atoms with Crippen LogP contribution in [0.1, 0.15) is 34.7 Å². The van der Waals surface area contributed by atoms with Gasteiger partial charge in [-0.1, -0.05) is 23.8 Å². The van der Waals surface area contributed by atoms with Crippen LogP contribution in [-0.4, -0.2) is 50.9 Å². The van der Waals surface area contributed by atoms with Crippen LogP contribution in [-0.2, 0) is 6.42 Å². The number of carbonyl (C=O) groups excluding carboxylic acids is 1. The summed E-state index contributed by atoms with van der Waals surface area (Å²) in [5.41, 5.74) is 4.87. The molecule has 5 rings (SSSR count). The highest BCUT2D eigenvalue weighted by atomic mass is 16.5. The minimum atomic E-state index is -0.0794. The number of aromatic nitrogens is 4. The zero-order valence-electron chi connectivity index (χ0n) is 18.9. The average Bonchev–Trinajstić information content (AvgIpc) is 3.57. The maximum atomic E-state index is 13.6. The van der Waals surface area contributed by atoms with Crippen molar-refractivity contribution in [2.45, 2.75) is 26.2 Å². The zero-order valence-corrected chi connectivity index (χ0v) is 18.9. The summed E-state index contributed by atoms with van der Waals surface area (Å²) in [6.45, 7) is 3.33. The third-order valence-corrected chi connectivity index (χ3v) is 6.01. The Hall–Kier alpha value is -3.74. The molecule has 2 aromatic heterocycles. The summed E-state index contributed by atoms with van der Waals surface area (Å²) in [4.78, 5) is 32.6. The predicted octanol–water partition coefficient (Wildman–Crippen LogP) is 4.43. The van der Waals surface area contributed by atoms with Crippen molar-refractivity contribution in [2.24, 2.45) is 5.92 Å². The van der Waals surface area contributed by atoms with Crippen LogP contribution in [0.5, 0.6) is 5.75 Å². The second-order valence-corrected chi connectivity index (χ2v) is 8.63. The second kappa shape index (κ2) is 9.02. The normalized spacial score (nSPS) is 13.3. The van der Waals surface area contributed by atoms with E-state index in [4.69, 9.17) is 4.74 Å². The van der Waals surface area contributed by atoms with Crippen molar-refractivity contribution in [2.75, 3.05) is 20.2 Å². The molecule has 0 unspecified atom stereocenters. The van der Waals surface area contributed by atoms with Gasteiger partial charge in [0.1, 0.15) is 17.3 Å². The van der Waals surface area contributed by atoms with Gasteiger partial charge in [-0.15, -0.1) is 0 Å². The summed E-state index contributed by atoms with van der Waals surface area (Å²) in [6, 6.07) is 13.8. The lowest BCUT2D eigenvalue weighted by Gasteiger charge is -2.22. The SMILES string of the molecule is COc1ccc2nc(CCN(CC3CC3)C(=O)c3nccnc3-c3cccc(C)c3)[nH]c2c1. The molecular formula is C26H27N5O2. The number of hydrogen-bond acceptors (Lipinski definition) is 5. The molecule has 4 aromatic rings. The summed E-state index contributed by atoms with van der Waals surface area (Å²) >= 11 is 0. The fraction of sp³-hybridized carbons (Fsp3) is 0.308. The van der Waals surface area contributed by atoms with E-state index in [9.17, 15) is 4.79 Å². The maximum absolute atomic E-state index is 13.6. The van der Waals surface area contributed by atoms with Gasteiger partial charge in [0.25, 0.3) is 5.91 Å². The molecular weight excluding hydrogens is 414 g/mol. The highest BCUT2D eigenvalue weighted by Gasteiger charge is 2.29. The predicted molar refractivity (Wildman–Crippen MR) is 127 cm³/mol. The van der Waals surface area contributed by atoms with Gasteiger partial charge in [-0.2, -0.15) is 0 Å². The van der Waals surface area contributed by atoms with Gasteiger partial charge in [-0.25, -0.2) is 9.97 Å². The Labute approximate surface area is 192 Å². The number of amides is 1. The molecule has 2 aromatic carbocycles. The summed E-state index contributed by atoms with van der Waals surface area (Å²) in [5, 5.41) is 0. The highest BCUT2D eigenvalue weighted by Crippen LogP contribution is 2.31. The van der Waals surface area contributed by atoms with E-state index in [0.29, 0.717) is 30.3 Å². The Morgan fingerprint density at radius 3 is 2.79 bits per heavy atom. The topological polar surface area (TPSA) is 84.0 Å². The quantitative estimate of drug-likeness (QED) is 0.437. The first-order valence-corrected chi connectivity index (χ1v) is 11.3. The van der Waals surface area contributed by atoms with Gasteiger partial charge in [0, 0.05) is 43.5 Å². The monoisotopic (exact) mass is 441 g/mol. The van der Waals surface area contributed by atoms with E-state index < -0.39 is 0 Å². The zero-order chi connectivity index (χ0) is 22.8. The Morgan fingerprint density at radius 2 is 2.00 bits per heavy atom. The van der Waals surface area contributed by atoms with Crippen molar-refractivity contribution >= 4 is 16.9 Å². The molecule has 0 bridgehead atoms. The fourth-order valence-electron chi connectivity index (χ4n) is 4.06. The number of aryl methyl sites for hydroxylation is 1. The van der Waals surface area contributed by atoms with E-state index in [2.05, 4.69) is 19.9 Å². The van der Waals surface area contributed by atoms with E-state index >= 15 is 0 Å². The molecule has 7 heteroatoms. The van der Waals surface area contributed by atoms with Crippen LogP contribution < -0.4 is 4.74 Å². The van der Waals surface area contributed by atoms with Gasteiger partial charge in [-0.05, 0) is 43.9 Å². The van der Waals surface area contributed by atoms with Crippen LogP contribution in [0.4, 0.5) is 0 Å².